The molecule has 1 aliphatic rings. The molecule has 1 heterocycles. The lowest BCUT2D eigenvalue weighted by molar-refractivity contribution is -0.141. The third kappa shape index (κ3) is 3.71. The van der Waals surface area contributed by atoms with E-state index in [9.17, 15) is 14.0 Å². The molecule has 2 aromatic rings. The molecule has 25 heavy (non-hydrogen) atoms. The first-order chi connectivity index (χ1) is 12.0. The van der Waals surface area contributed by atoms with Crippen LogP contribution in [0.15, 0.2) is 54.6 Å². The topological polar surface area (TPSA) is 49.4 Å². The van der Waals surface area contributed by atoms with Crippen molar-refractivity contribution in [1.29, 1.82) is 0 Å². The standard InChI is InChI=1S/C20H21FN2O2/c1-20(19(25)22-13-15-6-3-2-4-7-15)11-10-18(24)23(20)14-16-8-5-9-17(21)12-16/h2-9,12H,10-11,13-14H2,1H3,(H,22,25)/t20-/m0/s1. The van der Waals surface area contributed by atoms with E-state index in [0.29, 0.717) is 24.9 Å². The minimum atomic E-state index is -0.918. The fraction of sp³-hybridized carbons (Fsp3) is 0.300. The van der Waals surface area contributed by atoms with Crippen LogP contribution < -0.4 is 5.32 Å². The van der Waals surface area contributed by atoms with Gasteiger partial charge in [0.05, 0.1) is 0 Å². The summed E-state index contributed by atoms with van der Waals surface area (Å²) in [5.74, 6) is -0.611. The lowest BCUT2D eigenvalue weighted by Gasteiger charge is -2.34. The molecule has 0 radical (unpaired) electrons. The van der Waals surface area contributed by atoms with Crippen molar-refractivity contribution < 1.29 is 14.0 Å². The number of rotatable bonds is 5. The van der Waals surface area contributed by atoms with Crippen LogP contribution in [0.25, 0.3) is 0 Å². The molecule has 1 saturated heterocycles. The van der Waals surface area contributed by atoms with Gasteiger partial charge < -0.3 is 10.2 Å². The van der Waals surface area contributed by atoms with Gasteiger partial charge in [0.1, 0.15) is 11.4 Å². The summed E-state index contributed by atoms with van der Waals surface area (Å²) in [4.78, 5) is 26.6. The van der Waals surface area contributed by atoms with E-state index in [1.54, 1.807) is 24.0 Å². The van der Waals surface area contributed by atoms with Crippen molar-refractivity contribution in [2.75, 3.05) is 0 Å². The number of benzene rings is 2. The summed E-state index contributed by atoms with van der Waals surface area (Å²) in [6, 6.07) is 15.8. The zero-order valence-corrected chi connectivity index (χ0v) is 14.2. The van der Waals surface area contributed by atoms with E-state index in [4.69, 9.17) is 0 Å². The number of nitrogens with zero attached hydrogens (tertiary/aromatic N) is 1. The second-order valence-electron chi connectivity index (χ2n) is 6.55. The van der Waals surface area contributed by atoms with E-state index in [-0.39, 0.29) is 24.2 Å². The van der Waals surface area contributed by atoms with E-state index < -0.39 is 5.54 Å². The highest BCUT2D eigenvalue weighted by molar-refractivity contribution is 5.94. The Bertz CT molecular complexity index is 778. The Morgan fingerprint density at radius 2 is 1.88 bits per heavy atom. The highest BCUT2D eigenvalue weighted by Gasteiger charge is 2.47. The fourth-order valence-corrected chi connectivity index (χ4v) is 3.18. The number of hydrogen-bond acceptors (Lipinski definition) is 2. The van der Waals surface area contributed by atoms with Crippen molar-refractivity contribution >= 4 is 11.8 Å². The van der Waals surface area contributed by atoms with Crippen LogP contribution in [-0.2, 0) is 22.7 Å². The Morgan fingerprint density at radius 1 is 1.16 bits per heavy atom. The molecule has 1 N–H and O–H groups in total. The van der Waals surface area contributed by atoms with Crippen molar-refractivity contribution in [2.24, 2.45) is 0 Å². The van der Waals surface area contributed by atoms with Gasteiger partial charge in [-0.05, 0) is 36.6 Å². The van der Waals surface area contributed by atoms with E-state index >= 15 is 0 Å². The number of amides is 2. The first-order valence-corrected chi connectivity index (χ1v) is 8.36. The summed E-state index contributed by atoms with van der Waals surface area (Å²) in [6.07, 6.45) is 0.784. The Kier molecular flexibility index (Phi) is 4.83. The predicted octanol–water partition coefficient (Wildman–Crippen LogP) is 3.02. The van der Waals surface area contributed by atoms with Crippen LogP contribution in [0.2, 0.25) is 0 Å². The molecule has 0 bridgehead atoms. The third-order valence-corrected chi connectivity index (χ3v) is 4.74. The molecule has 5 heteroatoms. The number of carbonyl (C=O) groups excluding carboxylic acids is 2. The van der Waals surface area contributed by atoms with E-state index in [0.717, 1.165) is 5.56 Å². The molecule has 0 spiro atoms. The second kappa shape index (κ2) is 7.05. The van der Waals surface area contributed by atoms with Crippen molar-refractivity contribution in [3.8, 4) is 0 Å². The summed E-state index contributed by atoms with van der Waals surface area (Å²) in [7, 11) is 0. The molecule has 2 amide bonds. The first-order valence-electron chi connectivity index (χ1n) is 8.36. The van der Waals surface area contributed by atoms with Crippen LogP contribution >= 0.6 is 0 Å². The molecule has 4 nitrogen and oxygen atoms in total. The maximum Gasteiger partial charge on any atom is 0.245 e. The molecule has 0 aromatic heterocycles. The molecule has 130 valence electrons. The average Bonchev–Trinajstić information content (AvgIpc) is 2.90. The zero-order chi connectivity index (χ0) is 17.9. The Morgan fingerprint density at radius 3 is 2.60 bits per heavy atom. The summed E-state index contributed by atoms with van der Waals surface area (Å²) in [5.41, 5.74) is 0.760. The number of carbonyl (C=O) groups is 2. The molecule has 1 atom stereocenters. The fourth-order valence-electron chi connectivity index (χ4n) is 3.18. The molecular weight excluding hydrogens is 319 g/mol. The van der Waals surface area contributed by atoms with Gasteiger partial charge in [-0.25, -0.2) is 4.39 Å². The number of likely N-dealkylation sites (tertiary alicyclic amines) is 1. The summed E-state index contributed by atoms with van der Waals surface area (Å²) < 4.78 is 13.4. The van der Waals surface area contributed by atoms with Crippen molar-refractivity contribution in [2.45, 2.75) is 38.4 Å². The molecule has 0 unspecified atom stereocenters. The first kappa shape index (κ1) is 17.1. The quantitative estimate of drug-likeness (QED) is 0.909. The Labute approximate surface area is 146 Å². The van der Waals surface area contributed by atoms with Crippen LogP contribution in [0.4, 0.5) is 4.39 Å². The van der Waals surface area contributed by atoms with Gasteiger partial charge in [0.2, 0.25) is 11.8 Å². The lowest BCUT2D eigenvalue weighted by Crippen LogP contribution is -2.53. The number of halogens is 1. The van der Waals surface area contributed by atoms with Gasteiger partial charge >= 0.3 is 0 Å². The van der Waals surface area contributed by atoms with E-state index in [2.05, 4.69) is 5.32 Å². The maximum atomic E-state index is 13.4. The smallest absolute Gasteiger partial charge is 0.245 e. The van der Waals surface area contributed by atoms with Crippen LogP contribution in [0, 0.1) is 5.82 Å². The highest BCUT2D eigenvalue weighted by Crippen LogP contribution is 2.32. The van der Waals surface area contributed by atoms with Gasteiger partial charge in [-0.3, -0.25) is 9.59 Å². The molecule has 0 saturated carbocycles. The Balaban J connectivity index is 1.73. The van der Waals surface area contributed by atoms with Crippen LogP contribution in [0.1, 0.15) is 30.9 Å². The van der Waals surface area contributed by atoms with Gasteiger partial charge in [-0.1, -0.05) is 42.5 Å². The number of hydrogen-bond donors (Lipinski definition) is 1. The highest BCUT2D eigenvalue weighted by atomic mass is 19.1. The average molecular weight is 340 g/mol. The Hall–Kier alpha value is -2.69. The normalized spacial score (nSPS) is 19.9. The predicted molar refractivity (Wildman–Crippen MR) is 92.9 cm³/mol. The molecule has 3 rings (SSSR count). The number of nitrogens with one attached hydrogen (secondary N) is 1. The SMILES string of the molecule is C[C@@]1(C(=O)NCc2ccccc2)CCC(=O)N1Cc1cccc(F)c1. The van der Waals surface area contributed by atoms with Gasteiger partial charge in [0.25, 0.3) is 0 Å². The van der Waals surface area contributed by atoms with Crippen molar-refractivity contribution in [3.05, 3.63) is 71.5 Å². The monoisotopic (exact) mass is 340 g/mol. The summed E-state index contributed by atoms with van der Waals surface area (Å²) in [5, 5.41) is 2.92. The van der Waals surface area contributed by atoms with Crippen LogP contribution in [0.5, 0.6) is 0 Å². The third-order valence-electron chi connectivity index (χ3n) is 4.74. The minimum absolute atomic E-state index is 0.0818. The molecule has 1 aliphatic heterocycles. The van der Waals surface area contributed by atoms with Crippen LogP contribution in [0.3, 0.4) is 0 Å². The molecular formula is C20H21FN2O2. The van der Waals surface area contributed by atoms with E-state index in [1.807, 2.05) is 30.3 Å². The summed E-state index contributed by atoms with van der Waals surface area (Å²) >= 11 is 0. The van der Waals surface area contributed by atoms with Gasteiger partial charge in [-0.2, -0.15) is 0 Å². The molecule has 0 aliphatic carbocycles. The van der Waals surface area contributed by atoms with Gasteiger partial charge in [0, 0.05) is 19.5 Å². The minimum Gasteiger partial charge on any atom is -0.350 e. The van der Waals surface area contributed by atoms with Crippen molar-refractivity contribution in [1.82, 2.24) is 10.2 Å². The maximum absolute atomic E-state index is 13.4. The molecule has 2 aromatic carbocycles. The molecule has 1 fully saturated rings. The largest absolute Gasteiger partial charge is 0.350 e. The lowest BCUT2D eigenvalue weighted by atomic mass is 9.97. The van der Waals surface area contributed by atoms with Crippen molar-refractivity contribution in [3.63, 3.8) is 0 Å². The zero-order valence-electron chi connectivity index (χ0n) is 14.2. The second-order valence-corrected chi connectivity index (χ2v) is 6.55. The van der Waals surface area contributed by atoms with Gasteiger partial charge in [-0.15, -0.1) is 0 Å². The van der Waals surface area contributed by atoms with E-state index in [1.165, 1.54) is 12.1 Å². The summed E-state index contributed by atoms with van der Waals surface area (Å²) in [6.45, 7) is 2.42. The van der Waals surface area contributed by atoms with Crippen LogP contribution in [-0.4, -0.2) is 22.3 Å². The van der Waals surface area contributed by atoms with Gasteiger partial charge in [0.15, 0.2) is 0 Å².